The van der Waals surface area contributed by atoms with E-state index in [2.05, 4.69) is 13.0 Å². The Bertz CT molecular complexity index is 639. The molecule has 2 unspecified atom stereocenters. The number of nitrogens with zero attached hydrogens (tertiary/aromatic N) is 1. The molecule has 29 heavy (non-hydrogen) atoms. The number of piperidine rings is 1. The van der Waals surface area contributed by atoms with Crippen LogP contribution in [0.15, 0.2) is 42.0 Å². The predicted octanol–water partition coefficient (Wildman–Crippen LogP) is 7.41. The Labute approximate surface area is 177 Å². The molecule has 0 aromatic heterocycles. The number of carbonyl (C=O) groups excluding carboxylic acids is 1. The van der Waals surface area contributed by atoms with Crippen molar-refractivity contribution in [2.24, 2.45) is 0 Å². The second kappa shape index (κ2) is 12.0. The van der Waals surface area contributed by atoms with Gasteiger partial charge in [0.15, 0.2) is 0 Å². The minimum atomic E-state index is -0.133. The highest BCUT2D eigenvalue weighted by molar-refractivity contribution is 5.69. The van der Waals surface area contributed by atoms with Gasteiger partial charge in [0.2, 0.25) is 0 Å². The molecule has 2 bridgehead atoms. The lowest BCUT2D eigenvalue weighted by atomic mass is 9.84. The molecule has 0 spiro atoms. The lowest BCUT2D eigenvalue weighted by molar-refractivity contribution is 0.0479. The molecule has 160 valence electrons. The van der Waals surface area contributed by atoms with Gasteiger partial charge in [0, 0.05) is 6.04 Å². The van der Waals surface area contributed by atoms with E-state index in [1.165, 1.54) is 64.2 Å². The first kappa shape index (κ1) is 21.9. The normalized spacial score (nSPS) is 21.0. The number of benzene rings is 1. The van der Waals surface area contributed by atoms with E-state index >= 15 is 0 Å². The van der Waals surface area contributed by atoms with Crippen molar-refractivity contribution >= 4 is 6.09 Å². The van der Waals surface area contributed by atoms with Crippen molar-refractivity contribution in [3.63, 3.8) is 0 Å². The molecule has 1 aromatic carbocycles. The summed E-state index contributed by atoms with van der Waals surface area (Å²) in [6.07, 6.45) is 18.9. The molecule has 0 radical (unpaired) electrons. The smallest absolute Gasteiger partial charge is 0.410 e. The van der Waals surface area contributed by atoms with E-state index in [0.29, 0.717) is 12.6 Å². The molecular weight excluding hydrogens is 358 g/mol. The summed E-state index contributed by atoms with van der Waals surface area (Å²) in [6.45, 7) is 2.64. The lowest BCUT2D eigenvalue weighted by Gasteiger charge is -2.44. The van der Waals surface area contributed by atoms with Gasteiger partial charge in [-0.1, -0.05) is 93.9 Å². The van der Waals surface area contributed by atoms with Crippen LogP contribution in [0, 0.1) is 0 Å². The van der Waals surface area contributed by atoms with Crippen LogP contribution in [0.3, 0.4) is 0 Å². The van der Waals surface area contributed by atoms with E-state index in [-0.39, 0.29) is 12.1 Å². The highest BCUT2D eigenvalue weighted by Gasteiger charge is 2.37. The summed E-state index contributed by atoms with van der Waals surface area (Å²) in [6, 6.07) is 10.6. The van der Waals surface area contributed by atoms with Gasteiger partial charge < -0.3 is 4.74 Å². The molecule has 0 saturated carbocycles. The molecule has 2 heterocycles. The number of carbonyl (C=O) groups is 1. The van der Waals surface area contributed by atoms with Crippen LogP contribution in [0.5, 0.6) is 0 Å². The molecule has 3 nitrogen and oxygen atoms in total. The van der Waals surface area contributed by atoms with Crippen LogP contribution in [-0.4, -0.2) is 23.1 Å². The van der Waals surface area contributed by atoms with Gasteiger partial charge in [-0.05, 0) is 44.1 Å². The van der Waals surface area contributed by atoms with Gasteiger partial charge in [-0.2, -0.15) is 0 Å². The SMILES string of the molecule is CCCCCCCCCCC1=CC2CCCC(C1)N2C(=O)OCc1ccccc1. The first-order valence-corrected chi connectivity index (χ1v) is 12.0. The molecule has 1 aromatic rings. The van der Waals surface area contributed by atoms with Crippen LogP contribution in [0.1, 0.15) is 96.0 Å². The van der Waals surface area contributed by atoms with Crippen LogP contribution in [0.2, 0.25) is 0 Å². The zero-order valence-electron chi connectivity index (χ0n) is 18.3. The standard InChI is InChI=1S/C26H39NO2/c1-2-3-4-5-6-7-8-10-16-23-19-24-17-13-18-25(20-23)27(24)26(28)29-21-22-14-11-9-12-15-22/h9,11-12,14-15,19,24-25H,2-8,10,13,16-18,20-21H2,1H3. The van der Waals surface area contributed by atoms with Gasteiger partial charge in [-0.15, -0.1) is 0 Å². The monoisotopic (exact) mass is 397 g/mol. The minimum Gasteiger partial charge on any atom is -0.445 e. The maximum atomic E-state index is 12.8. The van der Waals surface area contributed by atoms with E-state index in [1.807, 2.05) is 35.2 Å². The number of ether oxygens (including phenoxy) is 1. The fraction of sp³-hybridized carbons (Fsp3) is 0.654. The van der Waals surface area contributed by atoms with Crippen LogP contribution >= 0.6 is 0 Å². The number of unbranched alkanes of at least 4 members (excludes halogenated alkanes) is 7. The highest BCUT2D eigenvalue weighted by Crippen LogP contribution is 2.35. The second-order valence-corrected chi connectivity index (χ2v) is 8.85. The zero-order chi connectivity index (χ0) is 20.3. The first-order valence-electron chi connectivity index (χ1n) is 12.0. The Hall–Kier alpha value is -1.77. The quantitative estimate of drug-likeness (QED) is 0.287. The van der Waals surface area contributed by atoms with E-state index in [4.69, 9.17) is 4.74 Å². The predicted molar refractivity (Wildman–Crippen MR) is 120 cm³/mol. The van der Waals surface area contributed by atoms with Gasteiger partial charge >= 0.3 is 6.09 Å². The summed E-state index contributed by atoms with van der Waals surface area (Å²) in [7, 11) is 0. The Balaban J connectivity index is 1.42. The Morgan fingerprint density at radius 2 is 1.72 bits per heavy atom. The summed E-state index contributed by atoms with van der Waals surface area (Å²) < 4.78 is 5.65. The average molecular weight is 398 g/mol. The van der Waals surface area contributed by atoms with Gasteiger partial charge in [0.05, 0.1) is 6.04 Å². The molecule has 3 heteroatoms. The molecule has 1 amide bonds. The summed E-state index contributed by atoms with van der Waals surface area (Å²) in [4.78, 5) is 14.8. The number of rotatable bonds is 11. The second-order valence-electron chi connectivity index (χ2n) is 8.85. The maximum absolute atomic E-state index is 12.8. The van der Waals surface area contributed by atoms with Crippen LogP contribution in [-0.2, 0) is 11.3 Å². The fourth-order valence-corrected chi connectivity index (χ4v) is 4.87. The topological polar surface area (TPSA) is 29.5 Å². The average Bonchev–Trinajstić information content (AvgIpc) is 2.74. The minimum absolute atomic E-state index is 0.133. The lowest BCUT2D eigenvalue weighted by Crippen LogP contribution is -2.51. The van der Waals surface area contributed by atoms with Crippen LogP contribution < -0.4 is 0 Å². The van der Waals surface area contributed by atoms with Crippen molar-refractivity contribution < 1.29 is 9.53 Å². The molecular formula is C26H39NO2. The molecule has 0 aliphatic carbocycles. The third-order valence-corrected chi connectivity index (χ3v) is 6.48. The molecule has 0 N–H and O–H groups in total. The molecule has 1 fully saturated rings. The third-order valence-electron chi connectivity index (χ3n) is 6.48. The Morgan fingerprint density at radius 3 is 2.45 bits per heavy atom. The summed E-state index contributed by atoms with van der Waals surface area (Å²) in [5.41, 5.74) is 2.63. The van der Waals surface area contributed by atoms with E-state index in [1.54, 1.807) is 5.57 Å². The van der Waals surface area contributed by atoms with E-state index in [9.17, 15) is 4.79 Å². The van der Waals surface area contributed by atoms with Crippen molar-refractivity contribution in [3.8, 4) is 0 Å². The summed E-state index contributed by atoms with van der Waals surface area (Å²) >= 11 is 0. The molecule has 1 saturated heterocycles. The third kappa shape index (κ3) is 6.90. The van der Waals surface area contributed by atoms with Gasteiger partial charge in [0.25, 0.3) is 0 Å². The number of fused-ring (bicyclic) bond motifs is 2. The largest absolute Gasteiger partial charge is 0.445 e. The Kier molecular flexibility index (Phi) is 9.11. The van der Waals surface area contributed by atoms with Crippen LogP contribution in [0.4, 0.5) is 4.79 Å². The van der Waals surface area contributed by atoms with Crippen molar-refractivity contribution in [1.29, 1.82) is 0 Å². The fourth-order valence-electron chi connectivity index (χ4n) is 4.87. The highest BCUT2D eigenvalue weighted by atomic mass is 16.6. The maximum Gasteiger partial charge on any atom is 0.410 e. The van der Waals surface area contributed by atoms with Crippen LogP contribution in [0.25, 0.3) is 0 Å². The Morgan fingerprint density at radius 1 is 1.00 bits per heavy atom. The zero-order valence-corrected chi connectivity index (χ0v) is 18.3. The van der Waals surface area contributed by atoms with E-state index in [0.717, 1.165) is 24.8 Å². The van der Waals surface area contributed by atoms with Crippen molar-refractivity contribution in [2.75, 3.05) is 0 Å². The van der Waals surface area contributed by atoms with Gasteiger partial charge in [-0.3, -0.25) is 4.90 Å². The van der Waals surface area contributed by atoms with E-state index < -0.39 is 0 Å². The number of hydrogen-bond acceptors (Lipinski definition) is 2. The van der Waals surface area contributed by atoms with Gasteiger partial charge in [-0.25, -0.2) is 4.79 Å². The summed E-state index contributed by atoms with van der Waals surface area (Å²) in [5.74, 6) is 0. The first-order chi connectivity index (χ1) is 14.3. The molecule has 2 atom stereocenters. The number of hydrogen-bond donors (Lipinski definition) is 0. The van der Waals surface area contributed by atoms with Crippen molar-refractivity contribution in [1.82, 2.24) is 4.90 Å². The molecule has 3 rings (SSSR count). The molecule has 2 aliphatic heterocycles. The summed E-state index contributed by atoms with van der Waals surface area (Å²) in [5, 5.41) is 0. The molecule has 2 aliphatic rings. The van der Waals surface area contributed by atoms with Crippen molar-refractivity contribution in [2.45, 2.75) is 109 Å². The van der Waals surface area contributed by atoms with Crippen molar-refractivity contribution in [3.05, 3.63) is 47.5 Å². The van der Waals surface area contributed by atoms with Gasteiger partial charge in [0.1, 0.15) is 6.61 Å². The number of amides is 1.